The van der Waals surface area contributed by atoms with Gasteiger partial charge in [-0.3, -0.25) is 9.36 Å². The number of benzene rings is 3. The molecule has 1 aromatic heterocycles. The highest BCUT2D eigenvalue weighted by atomic mass is 32.1. The Kier molecular flexibility index (Phi) is 9.68. The van der Waals surface area contributed by atoms with E-state index >= 15 is 0 Å². The van der Waals surface area contributed by atoms with Crippen molar-refractivity contribution in [2.24, 2.45) is 4.99 Å². The number of halogens is 1. The van der Waals surface area contributed by atoms with E-state index in [4.69, 9.17) is 23.7 Å². The Morgan fingerprint density at radius 2 is 1.76 bits per heavy atom. The summed E-state index contributed by atoms with van der Waals surface area (Å²) in [6.45, 7) is 5.96. The third kappa shape index (κ3) is 6.48. The van der Waals surface area contributed by atoms with Crippen LogP contribution in [0, 0.1) is 5.82 Å². The number of fused-ring (bicyclic) bond motifs is 1. The molecular weight excluding hydrogens is 599 g/mol. The van der Waals surface area contributed by atoms with Gasteiger partial charge in [0, 0.05) is 5.56 Å². The molecule has 9 nitrogen and oxygen atoms in total. The molecule has 5 rings (SSSR count). The van der Waals surface area contributed by atoms with Gasteiger partial charge in [0.25, 0.3) is 5.56 Å². The quantitative estimate of drug-likeness (QED) is 0.216. The number of carbonyl (C=O) groups excluding carboxylic acids is 1. The van der Waals surface area contributed by atoms with Crippen molar-refractivity contribution in [3.63, 3.8) is 0 Å². The number of aromatic nitrogens is 1. The Bertz CT molecular complexity index is 1950. The minimum Gasteiger partial charge on any atom is -0.493 e. The van der Waals surface area contributed by atoms with Crippen LogP contribution in [-0.2, 0) is 16.1 Å². The first-order valence-electron chi connectivity index (χ1n) is 14.3. The molecule has 0 bridgehead atoms. The summed E-state index contributed by atoms with van der Waals surface area (Å²) in [4.78, 5) is 32.5. The summed E-state index contributed by atoms with van der Waals surface area (Å²) in [7, 11) is 3.05. The molecule has 0 fully saturated rings. The molecule has 1 aliphatic rings. The molecule has 1 atom stereocenters. The minimum absolute atomic E-state index is 0.155. The molecule has 0 spiro atoms. The van der Waals surface area contributed by atoms with Crippen LogP contribution >= 0.6 is 11.3 Å². The Labute approximate surface area is 263 Å². The number of methoxy groups -OCH3 is 2. The van der Waals surface area contributed by atoms with Gasteiger partial charge in [-0.2, -0.15) is 0 Å². The topological polar surface area (TPSA) is 97.6 Å². The largest absolute Gasteiger partial charge is 0.493 e. The molecule has 45 heavy (non-hydrogen) atoms. The second kappa shape index (κ2) is 13.8. The fourth-order valence-electron chi connectivity index (χ4n) is 5.13. The number of ether oxygens (including phenoxy) is 5. The van der Waals surface area contributed by atoms with Gasteiger partial charge in [0.05, 0.1) is 43.2 Å². The fraction of sp³-hybridized carbons (Fsp3) is 0.265. The fourth-order valence-corrected chi connectivity index (χ4v) is 6.17. The van der Waals surface area contributed by atoms with E-state index in [9.17, 15) is 14.0 Å². The van der Waals surface area contributed by atoms with Crippen LogP contribution in [0.4, 0.5) is 4.39 Å². The monoisotopic (exact) mass is 632 g/mol. The van der Waals surface area contributed by atoms with E-state index in [2.05, 4.69) is 4.99 Å². The van der Waals surface area contributed by atoms with Gasteiger partial charge in [0.2, 0.25) is 0 Å². The minimum atomic E-state index is -0.868. The number of nitrogens with zero attached hydrogens (tertiary/aromatic N) is 2. The number of hydrogen-bond acceptors (Lipinski definition) is 9. The third-order valence-corrected chi connectivity index (χ3v) is 8.08. The summed E-state index contributed by atoms with van der Waals surface area (Å²) in [5, 5.41) is 0. The van der Waals surface area contributed by atoms with Gasteiger partial charge in [0.15, 0.2) is 27.8 Å². The van der Waals surface area contributed by atoms with Gasteiger partial charge >= 0.3 is 5.97 Å². The smallest absolute Gasteiger partial charge is 0.338 e. The van der Waals surface area contributed by atoms with E-state index in [1.807, 2.05) is 6.92 Å². The zero-order chi connectivity index (χ0) is 32.1. The summed E-state index contributed by atoms with van der Waals surface area (Å²) < 4.78 is 43.9. The van der Waals surface area contributed by atoms with Crippen molar-refractivity contribution < 1.29 is 32.9 Å². The van der Waals surface area contributed by atoms with Gasteiger partial charge in [-0.05, 0) is 68.3 Å². The second-order valence-electron chi connectivity index (χ2n) is 9.94. The van der Waals surface area contributed by atoms with Crippen molar-refractivity contribution in [3.8, 4) is 23.0 Å². The van der Waals surface area contributed by atoms with E-state index in [0.29, 0.717) is 61.3 Å². The van der Waals surface area contributed by atoms with E-state index < -0.39 is 12.0 Å². The number of esters is 1. The Balaban J connectivity index is 1.60. The van der Waals surface area contributed by atoms with Crippen LogP contribution in [0.15, 0.2) is 81.7 Å². The Hall–Kier alpha value is -4.90. The molecule has 1 aliphatic heterocycles. The molecule has 0 radical (unpaired) electrons. The Morgan fingerprint density at radius 3 is 2.47 bits per heavy atom. The molecular formula is C34H33FN2O7S. The zero-order valence-corrected chi connectivity index (χ0v) is 26.4. The molecule has 4 aromatic rings. The molecule has 0 saturated heterocycles. The van der Waals surface area contributed by atoms with Gasteiger partial charge < -0.3 is 23.7 Å². The van der Waals surface area contributed by atoms with E-state index in [1.165, 1.54) is 42.3 Å². The average Bonchev–Trinajstić information content (AvgIpc) is 3.33. The summed E-state index contributed by atoms with van der Waals surface area (Å²) in [5.41, 5.74) is 2.28. The van der Waals surface area contributed by atoms with Gasteiger partial charge in [0.1, 0.15) is 18.5 Å². The molecule has 0 amide bonds. The molecule has 0 N–H and O–H groups in total. The molecule has 0 saturated carbocycles. The number of hydrogen-bond donors (Lipinski definition) is 0. The predicted octanol–water partition coefficient (Wildman–Crippen LogP) is 4.93. The summed E-state index contributed by atoms with van der Waals surface area (Å²) in [6.07, 6.45) is 1.73. The average molecular weight is 633 g/mol. The van der Waals surface area contributed by atoms with E-state index in [1.54, 1.807) is 68.5 Å². The van der Waals surface area contributed by atoms with Gasteiger partial charge in [-0.1, -0.05) is 41.7 Å². The lowest BCUT2D eigenvalue weighted by atomic mass is 9.94. The van der Waals surface area contributed by atoms with Crippen LogP contribution in [-0.4, -0.2) is 38.0 Å². The molecule has 234 valence electrons. The first-order valence-corrected chi connectivity index (χ1v) is 15.2. The molecule has 0 aliphatic carbocycles. The van der Waals surface area contributed by atoms with Gasteiger partial charge in [-0.15, -0.1) is 0 Å². The lowest BCUT2D eigenvalue weighted by molar-refractivity contribution is -0.139. The maximum Gasteiger partial charge on any atom is 0.338 e. The normalized spacial score (nSPS) is 14.4. The molecule has 11 heteroatoms. The lowest BCUT2D eigenvalue weighted by Crippen LogP contribution is -2.40. The maximum absolute atomic E-state index is 14.1. The molecule has 2 heterocycles. The maximum atomic E-state index is 14.1. The zero-order valence-electron chi connectivity index (χ0n) is 25.6. The highest BCUT2D eigenvalue weighted by molar-refractivity contribution is 7.07. The number of para-hydroxylation sites is 1. The summed E-state index contributed by atoms with van der Waals surface area (Å²) >= 11 is 1.20. The van der Waals surface area contributed by atoms with Crippen LogP contribution in [0.25, 0.3) is 6.08 Å². The second-order valence-corrected chi connectivity index (χ2v) is 11.0. The lowest BCUT2D eigenvalue weighted by Gasteiger charge is -2.26. The van der Waals surface area contributed by atoms with Crippen molar-refractivity contribution in [1.82, 2.24) is 4.57 Å². The molecule has 1 unspecified atom stereocenters. The number of allylic oxidation sites excluding steroid dienone is 1. The number of thiazole rings is 1. The molecule has 3 aromatic carbocycles. The summed E-state index contributed by atoms with van der Waals surface area (Å²) in [5.74, 6) is 0.910. The van der Waals surface area contributed by atoms with Crippen molar-refractivity contribution >= 4 is 23.4 Å². The van der Waals surface area contributed by atoms with Crippen molar-refractivity contribution in [1.29, 1.82) is 0 Å². The first-order chi connectivity index (χ1) is 21.8. The van der Waals surface area contributed by atoms with Crippen molar-refractivity contribution in [3.05, 3.63) is 114 Å². The van der Waals surface area contributed by atoms with Crippen LogP contribution in [0.5, 0.6) is 23.0 Å². The van der Waals surface area contributed by atoms with Crippen molar-refractivity contribution in [2.45, 2.75) is 33.4 Å². The number of rotatable bonds is 11. The third-order valence-electron chi connectivity index (χ3n) is 7.10. The highest BCUT2D eigenvalue weighted by Crippen LogP contribution is 2.40. The van der Waals surface area contributed by atoms with Crippen LogP contribution in [0.3, 0.4) is 0 Å². The Morgan fingerprint density at radius 1 is 0.978 bits per heavy atom. The number of carbonyl (C=O) groups is 1. The van der Waals surface area contributed by atoms with Crippen LogP contribution in [0.2, 0.25) is 0 Å². The van der Waals surface area contributed by atoms with Crippen LogP contribution in [0.1, 0.15) is 43.5 Å². The standard InChI is InChI=1S/C34H33FN2O7S/c1-6-42-31-24(12-9-13-26(31)40-4)30-29(33(39)43-7-2)20(3)36-34-37(30)32(38)28(45-34)18-21-14-15-25(27(17-21)41-5)44-19-22-10-8-11-23(35)16-22/h8-18,30H,6-7,19H2,1-5H3. The van der Waals surface area contributed by atoms with E-state index in [-0.39, 0.29) is 30.2 Å². The van der Waals surface area contributed by atoms with Crippen molar-refractivity contribution in [2.75, 3.05) is 27.4 Å². The predicted molar refractivity (Wildman–Crippen MR) is 168 cm³/mol. The summed E-state index contributed by atoms with van der Waals surface area (Å²) in [6, 6.07) is 15.9. The first kappa shape index (κ1) is 31.5. The SMILES string of the molecule is CCOC(=O)C1=C(C)N=c2sc(=Cc3ccc(OCc4cccc(F)c4)c(OC)c3)c(=O)n2C1c1cccc(OC)c1OCC. The van der Waals surface area contributed by atoms with Crippen LogP contribution < -0.4 is 33.8 Å². The van der Waals surface area contributed by atoms with E-state index in [0.717, 1.165) is 0 Å². The highest BCUT2D eigenvalue weighted by Gasteiger charge is 2.36. The van der Waals surface area contributed by atoms with Gasteiger partial charge in [-0.25, -0.2) is 14.2 Å².